The Bertz CT molecular complexity index is 1770. The first-order chi connectivity index (χ1) is 19.5. The van der Waals surface area contributed by atoms with Gasteiger partial charge in [-0.15, -0.1) is 0 Å². The number of carboxylic acid groups (broad SMARTS) is 1. The standard InChI is InChI=1S/C16H15N3O2.C14H11N3O2.Li.H2O/c1-2-21-16(20)15-13-7-3-4-8-14(13)19(18-15)11-12-6-5-9-17-10-12;18-14(19)13-11-5-1-2-6-12(11)17(16-13)9-10-4-3-7-15-8-10;;/h3-10H,2,11H2,1H3;1-8H,9H2,(H,18,19);;1H2/q;;+1;/p-1. The van der Waals surface area contributed by atoms with E-state index in [9.17, 15) is 14.7 Å². The molecule has 6 aromatic rings. The van der Waals surface area contributed by atoms with Gasteiger partial charge in [0.1, 0.15) is 0 Å². The van der Waals surface area contributed by atoms with Crippen molar-refractivity contribution < 1.29 is 43.8 Å². The number of hydrogen-bond acceptors (Lipinski definition) is 8. The van der Waals surface area contributed by atoms with Crippen molar-refractivity contribution in [2.75, 3.05) is 6.61 Å². The molecule has 0 aliphatic carbocycles. The molecule has 0 saturated carbocycles. The minimum atomic E-state index is -1.01. The van der Waals surface area contributed by atoms with Crippen LogP contribution < -0.4 is 18.9 Å². The van der Waals surface area contributed by atoms with Gasteiger partial charge in [-0.2, -0.15) is 10.2 Å². The Morgan fingerprint density at radius 2 is 1.21 bits per heavy atom. The van der Waals surface area contributed by atoms with Gasteiger partial charge in [0.25, 0.3) is 0 Å². The van der Waals surface area contributed by atoms with Gasteiger partial charge >= 0.3 is 30.8 Å². The second-order valence-corrected chi connectivity index (χ2v) is 8.79. The van der Waals surface area contributed by atoms with Crippen molar-refractivity contribution in [1.82, 2.24) is 29.5 Å². The van der Waals surface area contributed by atoms with Crippen molar-refractivity contribution in [2.45, 2.75) is 20.0 Å². The van der Waals surface area contributed by atoms with Crippen LogP contribution in [0.5, 0.6) is 0 Å². The molecule has 6 rings (SSSR count). The van der Waals surface area contributed by atoms with Crippen LogP contribution in [0.2, 0.25) is 0 Å². The fourth-order valence-corrected chi connectivity index (χ4v) is 4.33. The number of carbonyl (C=O) groups excluding carboxylic acids is 1. The van der Waals surface area contributed by atoms with Crippen molar-refractivity contribution in [2.24, 2.45) is 0 Å². The quantitative estimate of drug-likeness (QED) is 0.227. The summed E-state index contributed by atoms with van der Waals surface area (Å²) in [5, 5.41) is 19.2. The fraction of sp³-hybridized carbons (Fsp3) is 0.133. The van der Waals surface area contributed by atoms with Crippen LogP contribution in [0.1, 0.15) is 39.0 Å². The molecule has 0 fully saturated rings. The van der Waals surface area contributed by atoms with Gasteiger partial charge in [0.2, 0.25) is 0 Å². The average molecular weight is 559 g/mol. The van der Waals surface area contributed by atoms with Crippen molar-refractivity contribution in [3.63, 3.8) is 0 Å². The molecule has 0 bridgehead atoms. The van der Waals surface area contributed by atoms with Gasteiger partial charge in [0.05, 0.1) is 30.7 Å². The van der Waals surface area contributed by atoms with Crippen molar-refractivity contribution in [3.8, 4) is 0 Å². The van der Waals surface area contributed by atoms with Crippen LogP contribution in [0.15, 0.2) is 97.6 Å². The number of hydrogen-bond donors (Lipinski definition) is 1. The number of ether oxygens (including phenoxy) is 1. The summed E-state index contributed by atoms with van der Waals surface area (Å²) in [5.74, 6) is -1.40. The van der Waals surface area contributed by atoms with Crippen LogP contribution in [0.4, 0.5) is 0 Å². The normalized spacial score (nSPS) is 10.2. The SMILES string of the molecule is CCOC(=O)c1nn(Cc2cccnc2)c2ccccc12.O=C(O)c1nn(Cc2cccnc2)c2ccccc12.[Li+].[OH-]. The average Bonchev–Trinajstić information content (AvgIpc) is 3.54. The molecule has 12 heteroatoms. The van der Waals surface area contributed by atoms with Crippen LogP contribution in [0.25, 0.3) is 21.8 Å². The predicted octanol–water partition coefficient (Wildman–Crippen LogP) is 1.66. The van der Waals surface area contributed by atoms with E-state index in [0.717, 1.165) is 27.5 Å². The molecule has 0 spiro atoms. The molecule has 0 aliphatic heterocycles. The molecular weight excluding hydrogens is 531 g/mol. The van der Waals surface area contributed by atoms with Gasteiger partial charge in [0.15, 0.2) is 11.4 Å². The summed E-state index contributed by atoms with van der Waals surface area (Å²) in [6.07, 6.45) is 6.97. The molecule has 4 heterocycles. The second-order valence-electron chi connectivity index (χ2n) is 8.79. The summed E-state index contributed by atoms with van der Waals surface area (Å²) in [6.45, 7) is 3.19. The summed E-state index contributed by atoms with van der Waals surface area (Å²) >= 11 is 0. The van der Waals surface area contributed by atoms with Gasteiger partial charge < -0.3 is 15.3 Å². The number of para-hydroxylation sites is 2. The molecule has 2 N–H and O–H groups in total. The first kappa shape index (κ1) is 31.7. The largest absolute Gasteiger partial charge is 1.00 e. The summed E-state index contributed by atoms with van der Waals surface area (Å²) in [4.78, 5) is 31.4. The van der Waals surface area contributed by atoms with Crippen molar-refractivity contribution in [3.05, 3.63) is 120 Å². The monoisotopic (exact) mass is 558 g/mol. The zero-order valence-electron chi connectivity index (χ0n) is 23.2. The Morgan fingerprint density at radius 1 is 0.738 bits per heavy atom. The van der Waals surface area contributed by atoms with E-state index in [1.807, 2.05) is 66.7 Å². The van der Waals surface area contributed by atoms with Crippen LogP contribution in [0, 0.1) is 0 Å². The van der Waals surface area contributed by atoms with Gasteiger partial charge in [-0.1, -0.05) is 48.5 Å². The van der Waals surface area contributed by atoms with E-state index in [-0.39, 0.29) is 30.0 Å². The van der Waals surface area contributed by atoms with Gasteiger partial charge in [0, 0.05) is 35.6 Å². The van der Waals surface area contributed by atoms with Gasteiger partial charge in [-0.05, 0) is 42.3 Å². The van der Waals surface area contributed by atoms with Gasteiger partial charge in [-0.3, -0.25) is 19.3 Å². The number of benzene rings is 2. The van der Waals surface area contributed by atoms with Crippen molar-refractivity contribution in [1.29, 1.82) is 0 Å². The minimum Gasteiger partial charge on any atom is -0.870 e. The topological polar surface area (TPSA) is 155 Å². The number of fused-ring (bicyclic) bond motifs is 2. The number of esters is 1. The number of aromatic nitrogens is 6. The third-order valence-electron chi connectivity index (χ3n) is 6.10. The molecule has 11 nitrogen and oxygen atoms in total. The molecule has 42 heavy (non-hydrogen) atoms. The third kappa shape index (κ3) is 7.08. The van der Waals surface area contributed by atoms with E-state index >= 15 is 0 Å². The van der Waals surface area contributed by atoms with Crippen LogP contribution in [-0.4, -0.2) is 58.7 Å². The Hall–Kier alpha value is -4.82. The molecular formula is C30H27LiN6O5. The Morgan fingerprint density at radius 3 is 1.67 bits per heavy atom. The first-order valence-corrected chi connectivity index (χ1v) is 12.6. The maximum absolute atomic E-state index is 12.0. The maximum atomic E-state index is 12.0. The summed E-state index contributed by atoms with van der Waals surface area (Å²) in [7, 11) is 0. The summed E-state index contributed by atoms with van der Waals surface area (Å²) in [5.41, 5.74) is 4.16. The number of rotatable bonds is 7. The summed E-state index contributed by atoms with van der Waals surface area (Å²) in [6, 6.07) is 22.6. The zero-order chi connectivity index (χ0) is 27.9. The summed E-state index contributed by atoms with van der Waals surface area (Å²) < 4.78 is 8.57. The van der Waals surface area contributed by atoms with E-state index in [4.69, 9.17) is 4.74 Å². The Labute approximate surface area is 253 Å². The number of nitrogens with zero attached hydrogens (tertiary/aromatic N) is 6. The van der Waals surface area contributed by atoms with Crippen LogP contribution in [0.3, 0.4) is 0 Å². The van der Waals surface area contributed by atoms with Crippen molar-refractivity contribution >= 4 is 33.7 Å². The molecule has 0 radical (unpaired) electrons. The minimum absolute atomic E-state index is 0. The van der Waals surface area contributed by atoms with E-state index in [2.05, 4.69) is 20.2 Å². The van der Waals surface area contributed by atoms with E-state index < -0.39 is 11.9 Å². The van der Waals surface area contributed by atoms with Gasteiger partial charge in [-0.25, -0.2) is 9.59 Å². The number of carbonyl (C=O) groups is 2. The molecule has 0 atom stereocenters. The number of aromatic carboxylic acids is 1. The number of carboxylic acids is 1. The molecule has 0 saturated heterocycles. The molecule has 2 aromatic carbocycles. The van der Waals surface area contributed by atoms with Crippen LogP contribution in [-0.2, 0) is 17.8 Å². The van der Waals surface area contributed by atoms with E-state index in [0.29, 0.717) is 30.8 Å². The first-order valence-electron chi connectivity index (χ1n) is 12.6. The Kier molecular flexibility index (Phi) is 11.1. The maximum Gasteiger partial charge on any atom is 1.00 e. The predicted molar refractivity (Wildman–Crippen MR) is 151 cm³/mol. The second kappa shape index (κ2) is 14.7. The molecule has 0 unspecified atom stereocenters. The molecule has 0 aliphatic rings. The molecule has 0 amide bonds. The Balaban J connectivity index is 0.000000221. The molecule has 208 valence electrons. The smallest absolute Gasteiger partial charge is 0.870 e. The number of pyridine rings is 2. The van der Waals surface area contributed by atoms with Crippen LogP contribution >= 0.6 is 0 Å². The fourth-order valence-electron chi connectivity index (χ4n) is 4.33. The molecule has 4 aromatic heterocycles. The van der Waals surface area contributed by atoms with E-state index in [1.165, 1.54) is 0 Å². The third-order valence-corrected chi connectivity index (χ3v) is 6.10. The zero-order valence-corrected chi connectivity index (χ0v) is 23.2. The van der Waals surface area contributed by atoms with E-state index in [1.54, 1.807) is 47.1 Å².